The van der Waals surface area contributed by atoms with Crippen LogP contribution in [-0.2, 0) is 14.3 Å². The number of likely N-dealkylation sites (tertiary alicyclic amines) is 1. The SMILES string of the molecule is COc1ccc(C(O)=C2C(=O)C(=O)N(CCC[NH+]3CCOCC3)C2c2ccccc2)c(C)c1. The van der Waals surface area contributed by atoms with E-state index in [4.69, 9.17) is 9.47 Å². The lowest BCUT2D eigenvalue weighted by Gasteiger charge is -2.27. The molecule has 2 aliphatic rings. The number of quaternary nitrogens is 1. The van der Waals surface area contributed by atoms with E-state index in [0.29, 0.717) is 17.9 Å². The highest BCUT2D eigenvalue weighted by molar-refractivity contribution is 6.46. The quantitative estimate of drug-likeness (QED) is 0.381. The fourth-order valence-corrected chi connectivity index (χ4v) is 4.68. The molecule has 1 atom stereocenters. The van der Waals surface area contributed by atoms with Gasteiger partial charge >= 0.3 is 0 Å². The highest BCUT2D eigenvalue weighted by Gasteiger charge is 2.46. The number of rotatable bonds is 7. The molecule has 0 bridgehead atoms. The second-order valence-corrected chi connectivity index (χ2v) is 8.55. The number of aliphatic hydroxyl groups is 1. The molecule has 0 spiro atoms. The summed E-state index contributed by atoms with van der Waals surface area (Å²) in [5, 5.41) is 11.3. The van der Waals surface area contributed by atoms with Gasteiger partial charge in [0.25, 0.3) is 11.7 Å². The lowest BCUT2D eigenvalue weighted by Crippen LogP contribution is -3.14. The van der Waals surface area contributed by atoms with Crippen LogP contribution in [0.25, 0.3) is 5.76 Å². The van der Waals surface area contributed by atoms with Crippen molar-refractivity contribution in [2.45, 2.75) is 19.4 Å². The second kappa shape index (κ2) is 10.2. The Labute approximate surface area is 194 Å². The van der Waals surface area contributed by atoms with Gasteiger partial charge in [0.05, 0.1) is 38.5 Å². The fraction of sp³-hybridized carbons (Fsp3) is 0.385. The molecule has 1 amide bonds. The Kier molecular flexibility index (Phi) is 7.11. The molecular formula is C26H31N2O5+. The van der Waals surface area contributed by atoms with Gasteiger partial charge in [-0.1, -0.05) is 30.3 Å². The summed E-state index contributed by atoms with van der Waals surface area (Å²) in [7, 11) is 1.58. The number of nitrogens with zero attached hydrogens (tertiary/aromatic N) is 1. The number of aryl methyl sites for hydroxylation is 1. The number of amides is 1. The van der Waals surface area contributed by atoms with Crippen LogP contribution < -0.4 is 9.64 Å². The fourth-order valence-electron chi connectivity index (χ4n) is 4.68. The Morgan fingerprint density at radius 3 is 2.55 bits per heavy atom. The summed E-state index contributed by atoms with van der Waals surface area (Å²) < 4.78 is 10.7. The third-order valence-electron chi connectivity index (χ3n) is 6.47. The molecule has 2 aromatic carbocycles. The van der Waals surface area contributed by atoms with E-state index < -0.39 is 17.7 Å². The summed E-state index contributed by atoms with van der Waals surface area (Å²) in [5.74, 6) is -0.692. The number of aliphatic hydroxyl groups excluding tert-OH is 1. The van der Waals surface area contributed by atoms with Crippen molar-refractivity contribution >= 4 is 17.4 Å². The Hall–Kier alpha value is -3.16. The Morgan fingerprint density at radius 2 is 1.88 bits per heavy atom. The van der Waals surface area contributed by atoms with Crippen LogP contribution in [0.15, 0.2) is 54.1 Å². The molecule has 0 aliphatic carbocycles. The number of carbonyl (C=O) groups excluding carboxylic acids is 2. The van der Waals surface area contributed by atoms with Crippen LogP contribution in [0.1, 0.15) is 29.2 Å². The highest BCUT2D eigenvalue weighted by atomic mass is 16.5. The van der Waals surface area contributed by atoms with Crippen molar-refractivity contribution in [3.63, 3.8) is 0 Å². The number of benzene rings is 2. The number of Topliss-reactive ketones (excluding diaryl/α,β-unsaturated/α-hetero) is 1. The molecular weight excluding hydrogens is 420 g/mol. The van der Waals surface area contributed by atoms with E-state index in [1.165, 1.54) is 4.90 Å². The van der Waals surface area contributed by atoms with Crippen molar-refractivity contribution in [3.8, 4) is 5.75 Å². The van der Waals surface area contributed by atoms with Crippen molar-refractivity contribution in [2.24, 2.45) is 0 Å². The number of hydrogen-bond donors (Lipinski definition) is 2. The molecule has 2 N–H and O–H groups in total. The van der Waals surface area contributed by atoms with E-state index in [2.05, 4.69) is 0 Å². The maximum absolute atomic E-state index is 13.2. The van der Waals surface area contributed by atoms with Crippen molar-refractivity contribution in [3.05, 3.63) is 70.8 Å². The summed E-state index contributed by atoms with van der Waals surface area (Å²) in [6.45, 7) is 6.63. The molecule has 1 unspecified atom stereocenters. The third kappa shape index (κ3) is 4.79. The lowest BCUT2D eigenvalue weighted by molar-refractivity contribution is -0.908. The predicted octanol–water partition coefficient (Wildman–Crippen LogP) is 1.73. The first kappa shape index (κ1) is 23.0. The van der Waals surface area contributed by atoms with E-state index in [1.807, 2.05) is 37.3 Å². The number of ketones is 1. The Balaban J connectivity index is 1.67. The molecule has 0 aromatic heterocycles. The first-order valence-corrected chi connectivity index (χ1v) is 11.4. The van der Waals surface area contributed by atoms with Gasteiger partial charge in [0.1, 0.15) is 24.6 Å². The van der Waals surface area contributed by atoms with Crippen LogP contribution in [0.5, 0.6) is 5.75 Å². The van der Waals surface area contributed by atoms with Gasteiger partial charge in [0.15, 0.2) is 0 Å². The average molecular weight is 452 g/mol. The molecule has 174 valence electrons. The van der Waals surface area contributed by atoms with Crippen molar-refractivity contribution in [1.29, 1.82) is 0 Å². The molecule has 0 saturated carbocycles. The molecule has 2 heterocycles. The first-order valence-electron chi connectivity index (χ1n) is 11.4. The van der Waals surface area contributed by atoms with Gasteiger partial charge in [-0.15, -0.1) is 0 Å². The minimum atomic E-state index is -0.643. The molecule has 7 heteroatoms. The number of morpholine rings is 1. The maximum atomic E-state index is 13.2. The van der Waals surface area contributed by atoms with Gasteiger partial charge < -0.3 is 24.4 Å². The van der Waals surface area contributed by atoms with Crippen LogP contribution in [0.4, 0.5) is 0 Å². The van der Waals surface area contributed by atoms with E-state index in [-0.39, 0.29) is 11.3 Å². The number of nitrogens with one attached hydrogen (secondary N) is 1. The zero-order valence-electron chi connectivity index (χ0n) is 19.2. The van der Waals surface area contributed by atoms with E-state index in [1.54, 1.807) is 30.2 Å². The smallest absolute Gasteiger partial charge is 0.295 e. The zero-order valence-corrected chi connectivity index (χ0v) is 19.2. The summed E-state index contributed by atoms with van der Waals surface area (Å²) in [5.41, 5.74) is 2.23. The van der Waals surface area contributed by atoms with Gasteiger partial charge in [-0.25, -0.2) is 0 Å². The normalized spacial score (nSPS) is 20.9. The monoisotopic (exact) mass is 451 g/mol. The van der Waals surface area contributed by atoms with Crippen LogP contribution in [-0.4, -0.2) is 68.2 Å². The molecule has 7 nitrogen and oxygen atoms in total. The molecule has 33 heavy (non-hydrogen) atoms. The predicted molar refractivity (Wildman–Crippen MR) is 124 cm³/mol. The minimum absolute atomic E-state index is 0.137. The molecule has 2 fully saturated rings. The Morgan fingerprint density at radius 1 is 1.15 bits per heavy atom. The second-order valence-electron chi connectivity index (χ2n) is 8.55. The van der Waals surface area contributed by atoms with Crippen molar-refractivity contribution < 1.29 is 29.1 Å². The van der Waals surface area contributed by atoms with Gasteiger partial charge in [0.2, 0.25) is 0 Å². The molecule has 4 rings (SSSR count). The summed E-state index contributed by atoms with van der Waals surface area (Å²) in [6.07, 6.45) is 0.771. The van der Waals surface area contributed by atoms with Gasteiger partial charge in [-0.05, 0) is 36.2 Å². The van der Waals surface area contributed by atoms with Crippen molar-refractivity contribution in [2.75, 3.05) is 46.5 Å². The number of carbonyl (C=O) groups is 2. The van der Waals surface area contributed by atoms with Crippen LogP contribution in [0.2, 0.25) is 0 Å². The molecule has 2 aliphatic heterocycles. The highest BCUT2D eigenvalue weighted by Crippen LogP contribution is 2.40. The van der Waals surface area contributed by atoms with Crippen molar-refractivity contribution in [1.82, 2.24) is 4.90 Å². The van der Waals surface area contributed by atoms with Gasteiger partial charge in [-0.3, -0.25) is 9.59 Å². The van der Waals surface area contributed by atoms with E-state index >= 15 is 0 Å². The van der Waals surface area contributed by atoms with Crippen LogP contribution >= 0.6 is 0 Å². The summed E-state index contributed by atoms with van der Waals surface area (Å²) in [4.78, 5) is 29.3. The molecule has 2 aromatic rings. The number of methoxy groups -OCH3 is 1. The Bertz CT molecular complexity index is 1040. The first-order chi connectivity index (χ1) is 16.0. The molecule has 0 radical (unpaired) electrons. The standard InChI is InChI=1S/C26H30N2O5/c1-18-17-20(32-2)9-10-21(18)24(29)22-23(19-7-4-3-5-8-19)28(26(31)25(22)30)12-6-11-27-13-15-33-16-14-27/h3-5,7-10,17,23,29H,6,11-16H2,1-2H3/p+1. The van der Waals surface area contributed by atoms with E-state index in [9.17, 15) is 14.7 Å². The minimum Gasteiger partial charge on any atom is -0.507 e. The largest absolute Gasteiger partial charge is 0.507 e. The van der Waals surface area contributed by atoms with Crippen LogP contribution in [0.3, 0.4) is 0 Å². The zero-order chi connectivity index (χ0) is 23.4. The maximum Gasteiger partial charge on any atom is 0.295 e. The average Bonchev–Trinajstić information content (AvgIpc) is 3.10. The van der Waals surface area contributed by atoms with Gasteiger partial charge in [0, 0.05) is 18.5 Å². The van der Waals surface area contributed by atoms with E-state index in [0.717, 1.165) is 50.4 Å². The third-order valence-corrected chi connectivity index (χ3v) is 6.47. The topological polar surface area (TPSA) is 80.5 Å². The number of hydrogen-bond acceptors (Lipinski definition) is 5. The lowest BCUT2D eigenvalue weighted by atomic mass is 9.94. The van der Waals surface area contributed by atoms with Gasteiger partial charge in [-0.2, -0.15) is 0 Å². The summed E-state index contributed by atoms with van der Waals surface area (Å²) in [6, 6.07) is 14.1. The number of ether oxygens (including phenoxy) is 2. The summed E-state index contributed by atoms with van der Waals surface area (Å²) >= 11 is 0. The van der Waals surface area contributed by atoms with Crippen LogP contribution in [0, 0.1) is 6.92 Å². The molecule has 2 saturated heterocycles.